The Morgan fingerprint density at radius 1 is 0.897 bits per heavy atom. The van der Waals surface area contributed by atoms with Gasteiger partial charge >= 0.3 is 5.97 Å². The van der Waals surface area contributed by atoms with Crippen molar-refractivity contribution < 1.29 is 39.3 Å². The average molecular weight is 419 g/mol. The van der Waals surface area contributed by atoms with Crippen LogP contribution in [-0.4, -0.2) is 81.8 Å². The lowest BCUT2D eigenvalue weighted by atomic mass is 10.0. The van der Waals surface area contributed by atoms with Crippen LogP contribution >= 0.6 is 0 Å². The molecule has 13 nitrogen and oxygen atoms in total. The van der Waals surface area contributed by atoms with Gasteiger partial charge in [0.1, 0.15) is 18.1 Å². The molecule has 29 heavy (non-hydrogen) atoms. The fourth-order valence-electron chi connectivity index (χ4n) is 2.20. The van der Waals surface area contributed by atoms with Gasteiger partial charge in [-0.05, 0) is 12.8 Å². The molecule has 0 aliphatic rings. The van der Waals surface area contributed by atoms with Gasteiger partial charge in [0.25, 0.3) is 0 Å². The molecule has 0 bridgehead atoms. The molecule has 5 unspecified atom stereocenters. The predicted octanol–water partition coefficient (Wildman–Crippen LogP) is -4.24. The maximum Gasteiger partial charge on any atom is 0.328 e. The Hall–Kier alpha value is -2.77. The molecule has 0 aromatic carbocycles. The number of rotatable bonds is 12. The molecule has 5 atom stereocenters. The Labute approximate surface area is 167 Å². The highest BCUT2D eigenvalue weighted by Gasteiger charge is 2.33. The maximum atomic E-state index is 12.5. The highest BCUT2D eigenvalue weighted by molar-refractivity contribution is 5.95. The number of aliphatic hydroxyl groups is 2. The second-order valence-electron chi connectivity index (χ2n) is 6.82. The van der Waals surface area contributed by atoms with E-state index in [1.165, 1.54) is 6.92 Å². The summed E-state index contributed by atoms with van der Waals surface area (Å²) in [5.74, 6) is -5.54. The molecule has 0 saturated carbocycles. The molecule has 4 amide bonds. The molecule has 0 saturated heterocycles. The third-order valence-corrected chi connectivity index (χ3v) is 3.86. The number of nitrogens with two attached hydrogens (primary N) is 2. The molecule has 0 spiro atoms. The summed E-state index contributed by atoms with van der Waals surface area (Å²) in [4.78, 5) is 58.6. The van der Waals surface area contributed by atoms with Crippen LogP contribution in [0.2, 0.25) is 0 Å². The third kappa shape index (κ3) is 8.85. The zero-order valence-corrected chi connectivity index (χ0v) is 16.4. The number of aliphatic hydroxyl groups excluding tert-OH is 2. The first-order chi connectivity index (χ1) is 13.3. The fourth-order valence-corrected chi connectivity index (χ4v) is 2.20. The molecule has 10 N–H and O–H groups in total. The van der Waals surface area contributed by atoms with Gasteiger partial charge in [-0.15, -0.1) is 0 Å². The summed E-state index contributed by atoms with van der Waals surface area (Å²) in [5.41, 5.74) is 10.4. The van der Waals surface area contributed by atoms with Gasteiger partial charge in [-0.25, -0.2) is 4.79 Å². The lowest BCUT2D eigenvalue weighted by molar-refractivity contribution is -0.143. The lowest BCUT2D eigenvalue weighted by Crippen LogP contribution is -2.61. The van der Waals surface area contributed by atoms with Crippen LogP contribution < -0.4 is 27.4 Å². The van der Waals surface area contributed by atoms with Gasteiger partial charge in [0.15, 0.2) is 0 Å². The van der Waals surface area contributed by atoms with Crippen LogP contribution in [0.4, 0.5) is 0 Å². The van der Waals surface area contributed by atoms with E-state index in [-0.39, 0.29) is 0 Å². The van der Waals surface area contributed by atoms with Crippen LogP contribution in [0.15, 0.2) is 0 Å². The molecule has 166 valence electrons. The van der Waals surface area contributed by atoms with Crippen molar-refractivity contribution in [3.8, 4) is 0 Å². The Balaban J connectivity index is 5.28. The van der Waals surface area contributed by atoms with Crippen molar-refractivity contribution >= 4 is 29.6 Å². The van der Waals surface area contributed by atoms with Crippen LogP contribution in [-0.2, 0) is 24.0 Å². The van der Waals surface area contributed by atoms with E-state index in [0.717, 1.165) is 0 Å². The lowest BCUT2D eigenvalue weighted by Gasteiger charge is -2.27. The topological polar surface area (TPSA) is 234 Å². The van der Waals surface area contributed by atoms with E-state index < -0.39 is 78.8 Å². The summed E-state index contributed by atoms with van der Waals surface area (Å²) in [5, 5.41) is 34.3. The van der Waals surface area contributed by atoms with Crippen LogP contribution in [0.3, 0.4) is 0 Å². The quantitative estimate of drug-likeness (QED) is 0.153. The minimum atomic E-state index is -1.57. The molecule has 0 fully saturated rings. The monoisotopic (exact) mass is 419 g/mol. The highest BCUT2D eigenvalue weighted by Crippen LogP contribution is 2.05. The molecular formula is C16H29N5O8. The minimum Gasteiger partial charge on any atom is -0.480 e. The van der Waals surface area contributed by atoms with Gasteiger partial charge in [0, 0.05) is 0 Å². The maximum absolute atomic E-state index is 12.5. The van der Waals surface area contributed by atoms with Crippen molar-refractivity contribution in [1.82, 2.24) is 16.0 Å². The molecule has 0 heterocycles. The van der Waals surface area contributed by atoms with E-state index in [1.54, 1.807) is 13.8 Å². The summed E-state index contributed by atoms with van der Waals surface area (Å²) in [6.07, 6.45) is -1.87. The number of carboxylic acid groups (broad SMARTS) is 1. The first-order valence-electron chi connectivity index (χ1n) is 8.78. The van der Waals surface area contributed by atoms with Crippen molar-refractivity contribution in [2.45, 2.75) is 57.5 Å². The van der Waals surface area contributed by atoms with Gasteiger partial charge < -0.3 is 42.7 Å². The predicted molar refractivity (Wildman–Crippen MR) is 98.8 cm³/mol. The zero-order valence-electron chi connectivity index (χ0n) is 16.4. The highest BCUT2D eigenvalue weighted by atomic mass is 16.4. The molecular weight excluding hydrogens is 390 g/mol. The summed E-state index contributed by atoms with van der Waals surface area (Å²) < 4.78 is 0. The Morgan fingerprint density at radius 2 is 1.38 bits per heavy atom. The van der Waals surface area contributed by atoms with E-state index in [2.05, 4.69) is 16.0 Å². The standard InChI is InChI=1S/C16H29N5O8/c1-6(2)11(14(26)19-9(5-22)16(28)29)20-15(27)12(7(3)23)21-13(25)8(17)4-10(18)24/h6-9,11-12,22-23H,4-5,17H2,1-3H3,(H2,18,24)(H,19,26)(H,20,27)(H,21,25)(H,28,29). The number of carbonyl (C=O) groups is 5. The van der Waals surface area contributed by atoms with Crippen LogP contribution in [0.5, 0.6) is 0 Å². The number of carboxylic acids is 1. The number of hydrogen-bond acceptors (Lipinski definition) is 8. The van der Waals surface area contributed by atoms with Crippen molar-refractivity contribution in [1.29, 1.82) is 0 Å². The summed E-state index contributed by atoms with van der Waals surface area (Å²) >= 11 is 0. The van der Waals surface area contributed by atoms with E-state index in [4.69, 9.17) is 21.7 Å². The van der Waals surface area contributed by atoms with Crippen molar-refractivity contribution in [2.75, 3.05) is 6.61 Å². The number of carbonyl (C=O) groups excluding carboxylic acids is 4. The Morgan fingerprint density at radius 3 is 1.76 bits per heavy atom. The molecule has 0 aliphatic carbocycles. The normalized spacial score (nSPS) is 16.1. The average Bonchev–Trinajstić information content (AvgIpc) is 2.59. The third-order valence-electron chi connectivity index (χ3n) is 3.86. The van der Waals surface area contributed by atoms with Crippen molar-refractivity contribution in [2.24, 2.45) is 17.4 Å². The van der Waals surface area contributed by atoms with Crippen molar-refractivity contribution in [3.05, 3.63) is 0 Å². The number of primary amides is 1. The zero-order chi connectivity index (χ0) is 22.9. The molecule has 13 heteroatoms. The van der Waals surface area contributed by atoms with Crippen LogP contribution in [0.1, 0.15) is 27.2 Å². The van der Waals surface area contributed by atoms with E-state index in [1.807, 2.05) is 0 Å². The minimum absolute atomic E-state index is 0.477. The number of aliphatic carboxylic acids is 1. The molecule has 0 aromatic rings. The van der Waals surface area contributed by atoms with Crippen LogP contribution in [0.25, 0.3) is 0 Å². The van der Waals surface area contributed by atoms with Gasteiger partial charge in [-0.1, -0.05) is 13.8 Å². The fraction of sp³-hybridized carbons (Fsp3) is 0.688. The smallest absolute Gasteiger partial charge is 0.328 e. The first kappa shape index (κ1) is 26.2. The molecule has 0 radical (unpaired) electrons. The molecule has 0 aromatic heterocycles. The van der Waals surface area contributed by atoms with Gasteiger partial charge in [0.05, 0.1) is 25.2 Å². The van der Waals surface area contributed by atoms with E-state index in [0.29, 0.717) is 0 Å². The second kappa shape index (κ2) is 11.9. The Bertz CT molecular complexity index is 624. The number of amides is 4. The number of nitrogens with one attached hydrogen (secondary N) is 3. The summed E-state index contributed by atoms with van der Waals surface area (Å²) in [6, 6.07) is -5.65. The van der Waals surface area contributed by atoms with Gasteiger partial charge in [0.2, 0.25) is 23.6 Å². The summed E-state index contributed by atoms with van der Waals surface area (Å²) in [6.45, 7) is 3.49. The van der Waals surface area contributed by atoms with E-state index >= 15 is 0 Å². The van der Waals surface area contributed by atoms with Crippen LogP contribution in [0, 0.1) is 5.92 Å². The molecule has 0 rings (SSSR count). The Kier molecular flexibility index (Phi) is 10.8. The van der Waals surface area contributed by atoms with E-state index in [9.17, 15) is 29.1 Å². The first-order valence-corrected chi connectivity index (χ1v) is 8.78. The SMILES string of the molecule is CC(C)C(NC(=O)C(NC(=O)C(N)CC(N)=O)C(C)O)C(=O)NC(CO)C(=O)O. The van der Waals surface area contributed by atoms with Crippen molar-refractivity contribution in [3.63, 3.8) is 0 Å². The second-order valence-corrected chi connectivity index (χ2v) is 6.82. The van der Waals surface area contributed by atoms with Gasteiger partial charge in [-0.3, -0.25) is 19.2 Å². The largest absolute Gasteiger partial charge is 0.480 e. The summed E-state index contributed by atoms with van der Waals surface area (Å²) in [7, 11) is 0. The molecule has 0 aliphatic heterocycles. The number of hydrogen-bond donors (Lipinski definition) is 8. The van der Waals surface area contributed by atoms with Gasteiger partial charge in [-0.2, -0.15) is 0 Å².